The zero-order valence-corrected chi connectivity index (χ0v) is 5.49. The predicted molar refractivity (Wildman–Crippen MR) is 32.5 cm³/mol. The van der Waals surface area contributed by atoms with E-state index in [1.54, 1.807) is 0 Å². The van der Waals surface area contributed by atoms with Gasteiger partial charge in [-0.15, -0.1) is 12.4 Å². The Bertz CT molecular complexity index is 32.9. The summed E-state index contributed by atoms with van der Waals surface area (Å²) in [6, 6.07) is 0. The van der Waals surface area contributed by atoms with Crippen molar-refractivity contribution in [2.75, 3.05) is 6.61 Å². The first-order valence-corrected chi connectivity index (χ1v) is 2.14. The summed E-state index contributed by atoms with van der Waals surface area (Å²) in [4.78, 5) is 0. The van der Waals surface area contributed by atoms with Gasteiger partial charge in [-0.2, -0.15) is 0 Å². The largest absolute Gasteiger partial charge is 0.364 e. The van der Waals surface area contributed by atoms with Crippen LogP contribution in [-0.4, -0.2) is 12.8 Å². The average Bonchev–Trinajstić information content (AvgIpc) is 1.35. The minimum atomic E-state index is -0.102. The maximum absolute atomic E-state index is 5.18. The second-order valence-electron chi connectivity index (χ2n) is 1.16. The summed E-state index contributed by atoms with van der Waals surface area (Å²) in [5, 5.41) is 0. The normalized spacial score (nSPS) is 12.4. The Morgan fingerprint density at radius 1 is 1.71 bits per heavy atom. The van der Waals surface area contributed by atoms with E-state index in [4.69, 9.17) is 10.5 Å². The molecular formula is C4H12ClNO. The molecule has 0 heterocycles. The molecule has 46 valence electrons. The van der Waals surface area contributed by atoms with E-state index in [1.807, 2.05) is 13.8 Å². The first kappa shape index (κ1) is 10.2. The van der Waals surface area contributed by atoms with Gasteiger partial charge in [-0.1, -0.05) is 0 Å². The van der Waals surface area contributed by atoms with Crippen LogP contribution in [0.3, 0.4) is 0 Å². The fourth-order valence-corrected chi connectivity index (χ4v) is 0.263. The molecule has 0 radical (unpaired) electrons. The highest BCUT2D eigenvalue weighted by molar-refractivity contribution is 5.85. The van der Waals surface area contributed by atoms with Crippen LogP contribution in [0.1, 0.15) is 13.8 Å². The molecule has 0 amide bonds. The molecule has 0 aliphatic heterocycles. The van der Waals surface area contributed by atoms with Crippen LogP contribution in [0.15, 0.2) is 0 Å². The van der Waals surface area contributed by atoms with Gasteiger partial charge in [-0.3, -0.25) is 0 Å². The van der Waals surface area contributed by atoms with Crippen molar-refractivity contribution in [3.05, 3.63) is 0 Å². The van der Waals surface area contributed by atoms with Gasteiger partial charge < -0.3 is 10.5 Å². The van der Waals surface area contributed by atoms with E-state index in [-0.39, 0.29) is 18.6 Å². The van der Waals surface area contributed by atoms with Crippen molar-refractivity contribution in [3.8, 4) is 0 Å². The third kappa shape index (κ3) is 10.7. The van der Waals surface area contributed by atoms with Crippen LogP contribution in [0, 0.1) is 0 Å². The highest BCUT2D eigenvalue weighted by atomic mass is 35.5. The molecule has 0 aromatic carbocycles. The van der Waals surface area contributed by atoms with Gasteiger partial charge in [-0.05, 0) is 13.8 Å². The Balaban J connectivity index is 0. The van der Waals surface area contributed by atoms with Crippen LogP contribution < -0.4 is 5.73 Å². The van der Waals surface area contributed by atoms with Crippen molar-refractivity contribution in [3.63, 3.8) is 0 Å². The summed E-state index contributed by atoms with van der Waals surface area (Å²) in [5.74, 6) is 0. The first-order valence-electron chi connectivity index (χ1n) is 2.14. The Labute approximate surface area is 50.4 Å². The third-order valence-electron chi connectivity index (χ3n) is 0.430. The molecule has 0 aliphatic carbocycles. The van der Waals surface area contributed by atoms with Crippen LogP contribution in [0.2, 0.25) is 0 Å². The Kier molecular flexibility index (Phi) is 9.09. The monoisotopic (exact) mass is 125 g/mol. The lowest BCUT2D eigenvalue weighted by atomic mass is 10.7. The third-order valence-corrected chi connectivity index (χ3v) is 0.430. The number of rotatable bonds is 2. The van der Waals surface area contributed by atoms with Crippen LogP contribution >= 0.6 is 12.4 Å². The summed E-state index contributed by atoms with van der Waals surface area (Å²) in [5.41, 5.74) is 5.18. The molecule has 0 aromatic rings. The smallest absolute Gasteiger partial charge is 0.102 e. The van der Waals surface area contributed by atoms with E-state index < -0.39 is 0 Å². The fraction of sp³-hybridized carbons (Fsp3) is 1.00. The second-order valence-corrected chi connectivity index (χ2v) is 1.16. The number of nitrogens with two attached hydrogens (primary N) is 1. The zero-order chi connectivity index (χ0) is 4.99. The van der Waals surface area contributed by atoms with E-state index in [0.717, 1.165) is 0 Å². The summed E-state index contributed by atoms with van der Waals surface area (Å²) < 4.78 is 4.82. The molecule has 0 aliphatic rings. The predicted octanol–water partition coefficient (Wildman–Crippen LogP) is 0.749. The topological polar surface area (TPSA) is 35.2 Å². The van der Waals surface area contributed by atoms with Crippen LogP contribution in [0.4, 0.5) is 0 Å². The molecule has 0 bridgehead atoms. The molecule has 0 rings (SSSR count). The van der Waals surface area contributed by atoms with E-state index in [1.165, 1.54) is 0 Å². The van der Waals surface area contributed by atoms with Gasteiger partial charge in [-0.25, -0.2) is 0 Å². The SMILES string of the molecule is CCOC(C)N.Cl. The highest BCUT2D eigenvalue weighted by Crippen LogP contribution is 1.74. The van der Waals surface area contributed by atoms with Crippen LogP contribution in [-0.2, 0) is 4.74 Å². The Morgan fingerprint density at radius 2 is 2.14 bits per heavy atom. The van der Waals surface area contributed by atoms with Gasteiger partial charge in [0, 0.05) is 6.61 Å². The quantitative estimate of drug-likeness (QED) is 0.553. The minimum absolute atomic E-state index is 0. The fourth-order valence-electron chi connectivity index (χ4n) is 0.263. The van der Waals surface area contributed by atoms with Gasteiger partial charge in [0.05, 0.1) is 0 Å². The van der Waals surface area contributed by atoms with Crippen molar-refractivity contribution in [2.45, 2.75) is 20.1 Å². The Morgan fingerprint density at radius 3 is 2.14 bits per heavy atom. The van der Waals surface area contributed by atoms with Crippen molar-refractivity contribution in [1.29, 1.82) is 0 Å². The van der Waals surface area contributed by atoms with Crippen LogP contribution in [0.5, 0.6) is 0 Å². The second kappa shape index (κ2) is 6.21. The molecule has 0 saturated heterocycles. The summed E-state index contributed by atoms with van der Waals surface area (Å²) in [7, 11) is 0. The lowest BCUT2D eigenvalue weighted by molar-refractivity contribution is 0.0814. The van der Waals surface area contributed by atoms with E-state index >= 15 is 0 Å². The zero-order valence-electron chi connectivity index (χ0n) is 4.68. The number of halogens is 1. The standard InChI is InChI=1S/C4H11NO.ClH/c1-3-6-4(2)5;/h4H,3,5H2,1-2H3;1H. The molecule has 1 unspecified atom stereocenters. The number of hydrogen-bond donors (Lipinski definition) is 1. The highest BCUT2D eigenvalue weighted by Gasteiger charge is 1.83. The summed E-state index contributed by atoms with van der Waals surface area (Å²) in [6.07, 6.45) is -0.102. The van der Waals surface area contributed by atoms with Crippen molar-refractivity contribution in [2.24, 2.45) is 5.73 Å². The molecule has 2 nitrogen and oxygen atoms in total. The molecule has 7 heavy (non-hydrogen) atoms. The summed E-state index contributed by atoms with van der Waals surface area (Å²) >= 11 is 0. The van der Waals surface area contributed by atoms with Crippen molar-refractivity contribution < 1.29 is 4.74 Å². The van der Waals surface area contributed by atoms with Gasteiger partial charge >= 0.3 is 0 Å². The molecule has 0 spiro atoms. The molecule has 1 atom stereocenters. The van der Waals surface area contributed by atoms with Crippen molar-refractivity contribution >= 4 is 12.4 Å². The van der Waals surface area contributed by atoms with Gasteiger partial charge in [0.2, 0.25) is 0 Å². The van der Waals surface area contributed by atoms with Gasteiger partial charge in [0.25, 0.3) is 0 Å². The van der Waals surface area contributed by atoms with Crippen LogP contribution in [0.25, 0.3) is 0 Å². The van der Waals surface area contributed by atoms with Gasteiger partial charge in [0.1, 0.15) is 6.23 Å². The van der Waals surface area contributed by atoms with E-state index in [9.17, 15) is 0 Å². The summed E-state index contributed by atoms with van der Waals surface area (Å²) in [6.45, 7) is 4.44. The lowest BCUT2D eigenvalue weighted by Gasteiger charge is -2.00. The number of hydrogen-bond acceptors (Lipinski definition) is 2. The maximum atomic E-state index is 5.18. The Hall–Kier alpha value is 0.210. The first-order chi connectivity index (χ1) is 2.77. The van der Waals surface area contributed by atoms with Gasteiger partial charge in [0.15, 0.2) is 0 Å². The molecular weight excluding hydrogens is 114 g/mol. The van der Waals surface area contributed by atoms with E-state index in [2.05, 4.69) is 0 Å². The van der Waals surface area contributed by atoms with Crippen molar-refractivity contribution in [1.82, 2.24) is 0 Å². The molecule has 3 heteroatoms. The molecule has 0 fully saturated rings. The minimum Gasteiger partial charge on any atom is -0.364 e. The molecule has 2 N–H and O–H groups in total. The number of ether oxygens (including phenoxy) is 1. The lowest BCUT2D eigenvalue weighted by Crippen LogP contribution is -2.18. The maximum Gasteiger partial charge on any atom is 0.102 e. The molecule has 0 saturated carbocycles. The van der Waals surface area contributed by atoms with E-state index in [0.29, 0.717) is 6.61 Å². The molecule has 0 aromatic heterocycles. The average molecular weight is 126 g/mol.